The molecular formula is C56H37N5S. The van der Waals surface area contributed by atoms with Crippen molar-refractivity contribution in [3.8, 4) is 51.0 Å². The number of fused-ring (bicyclic) bond motifs is 9. The Bertz CT molecular complexity index is 3710. The van der Waals surface area contributed by atoms with Gasteiger partial charge in [0.15, 0.2) is 17.5 Å². The van der Waals surface area contributed by atoms with Crippen LogP contribution in [0.25, 0.3) is 116 Å². The van der Waals surface area contributed by atoms with E-state index in [0.29, 0.717) is 17.5 Å². The Hall–Kier alpha value is -7.67. The van der Waals surface area contributed by atoms with Crippen LogP contribution in [-0.2, 0) is 6.42 Å². The molecule has 0 bridgehead atoms. The van der Waals surface area contributed by atoms with Gasteiger partial charge in [-0.3, -0.25) is 0 Å². The molecule has 7 aromatic carbocycles. The third-order valence-electron chi connectivity index (χ3n) is 12.7. The monoisotopic (exact) mass is 811 g/mol. The molecule has 6 heteroatoms. The molecule has 292 valence electrons. The minimum absolute atomic E-state index is 0.649. The topological polar surface area (TPSA) is 48.5 Å². The lowest BCUT2D eigenvalue weighted by Crippen LogP contribution is -2.07. The molecule has 13 rings (SSSR count). The summed E-state index contributed by atoms with van der Waals surface area (Å²) in [5, 5.41) is 6.15. The molecule has 0 amide bonds. The number of allylic oxidation sites excluding steroid dienone is 5. The van der Waals surface area contributed by atoms with Crippen LogP contribution in [0.1, 0.15) is 24.1 Å². The van der Waals surface area contributed by atoms with Crippen molar-refractivity contribution in [3.05, 3.63) is 193 Å². The fourth-order valence-corrected chi connectivity index (χ4v) is 11.2. The summed E-state index contributed by atoms with van der Waals surface area (Å²) in [5.74, 6) is 1.96. The molecule has 5 nitrogen and oxygen atoms in total. The van der Waals surface area contributed by atoms with Gasteiger partial charge in [-0.15, -0.1) is 11.3 Å². The van der Waals surface area contributed by atoms with E-state index in [2.05, 4.69) is 191 Å². The average molecular weight is 812 g/mol. The van der Waals surface area contributed by atoms with Crippen LogP contribution in [0.5, 0.6) is 0 Å². The normalized spacial score (nSPS) is 13.6. The van der Waals surface area contributed by atoms with Crippen LogP contribution in [-0.4, -0.2) is 24.1 Å². The molecule has 4 aromatic heterocycles. The third kappa shape index (κ3) is 5.30. The fourth-order valence-electron chi connectivity index (χ4n) is 10.0. The highest BCUT2D eigenvalue weighted by Crippen LogP contribution is 2.46. The molecule has 2 aliphatic carbocycles. The first-order valence-electron chi connectivity index (χ1n) is 21.3. The van der Waals surface area contributed by atoms with Gasteiger partial charge in [0.2, 0.25) is 0 Å². The summed E-state index contributed by atoms with van der Waals surface area (Å²) in [6, 6.07) is 56.5. The first-order chi connectivity index (χ1) is 30.8. The number of hydrogen-bond acceptors (Lipinski definition) is 4. The molecule has 62 heavy (non-hydrogen) atoms. The molecule has 0 fully saturated rings. The van der Waals surface area contributed by atoms with E-state index in [9.17, 15) is 0 Å². The molecule has 2 aliphatic rings. The van der Waals surface area contributed by atoms with E-state index in [1.54, 1.807) is 11.3 Å². The van der Waals surface area contributed by atoms with Crippen LogP contribution >= 0.6 is 11.3 Å². The molecule has 0 radical (unpaired) electrons. The molecule has 4 heterocycles. The maximum atomic E-state index is 5.50. The first kappa shape index (κ1) is 35.1. The molecule has 11 aromatic rings. The van der Waals surface area contributed by atoms with Crippen molar-refractivity contribution >= 4 is 76.0 Å². The van der Waals surface area contributed by atoms with E-state index in [4.69, 9.17) is 15.0 Å². The zero-order valence-corrected chi connectivity index (χ0v) is 34.5. The van der Waals surface area contributed by atoms with Crippen molar-refractivity contribution in [1.29, 1.82) is 0 Å². The lowest BCUT2D eigenvalue weighted by Gasteiger charge is -2.18. The molecule has 0 aliphatic heterocycles. The minimum atomic E-state index is 0.649. The van der Waals surface area contributed by atoms with Gasteiger partial charge < -0.3 is 9.13 Å². The number of para-hydroxylation sites is 3. The Morgan fingerprint density at radius 3 is 2.02 bits per heavy atom. The number of hydrogen-bond donors (Lipinski definition) is 0. The number of aromatic nitrogens is 5. The SMILES string of the molecule is C1=CCC(n2c3ccccc3c3cccc(-n4c5c(c6cccc(-c7nc(-c8ccccc8)nc(-c8cccc9c8sc8cccc(-c%10ccccc%10)c89)n7)c64)C=CCC5)c32)=C1. The first-order valence-corrected chi connectivity index (χ1v) is 22.1. The Kier molecular flexibility index (Phi) is 7.90. The predicted octanol–water partition coefficient (Wildman–Crippen LogP) is 14.7. The lowest BCUT2D eigenvalue weighted by molar-refractivity contribution is 0.889. The fraction of sp³-hybridized carbons (Fsp3) is 0.0536. The number of nitrogens with zero attached hydrogens (tertiary/aromatic N) is 5. The van der Waals surface area contributed by atoms with E-state index in [-0.39, 0.29) is 0 Å². The highest BCUT2D eigenvalue weighted by Gasteiger charge is 2.27. The standard InChI is InChI=1S/C56H37N5S/c1-3-17-35(18-4-1)38-25-16-34-49-50(38)43-28-14-30-45(53(43)62-49)56-58-54(36-19-5-2-6-20-36)57-55(59-56)44-29-13-26-41-39-23-10-12-32-47(39)61(51(41)44)48-33-15-27-42-40-24-9-11-31-46(40)60(52(42)48)37-21-7-8-22-37/h1-11,13-21,23-31,33-34H,12,22,32H2. The Balaban J connectivity index is 1.10. The van der Waals surface area contributed by atoms with Gasteiger partial charge in [0.25, 0.3) is 0 Å². The largest absolute Gasteiger partial charge is 0.311 e. The minimum Gasteiger partial charge on any atom is -0.311 e. The van der Waals surface area contributed by atoms with Crippen molar-refractivity contribution in [2.24, 2.45) is 0 Å². The Morgan fingerprint density at radius 1 is 0.500 bits per heavy atom. The Labute approximate surface area is 361 Å². The van der Waals surface area contributed by atoms with Crippen molar-refractivity contribution in [2.75, 3.05) is 0 Å². The predicted molar refractivity (Wildman–Crippen MR) is 260 cm³/mol. The summed E-state index contributed by atoms with van der Waals surface area (Å²) in [6.07, 6.45) is 14.1. The summed E-state index contributed by atoms with van der Waals surface area (Å²) >= 11 is 1.81. The van der Waals surface area contributed by atoms with Gasteiger partial charge in [-0.25, -0.2) is 15.0 Å². The van der Waals surface area contributed by atoms with Gasteiger partial charge in [-0.1, -0.05) is 152 Å². The van der Waals surface area contributed by atoms with Crippen LogP contribution < -0.4 is 0 Å². The summed E-state index contributed by atoms with van der Waals surface area (Å²) < 4.78 is 7.43. The molecular weight excluding hydrogens is 775 g/mol. The van der Waals surface area contributed by atoms with E-state index < -0.39 is 0 Å². The number of thiophene rings is 1. The van der Waals surface area contributed by atoms with E-state index >= 15 is 0 Å². The summed E-state index contributed by atoms with van der Waals surface area (Å²) in [6.45, 7) is 0. The highest BCUT2D eigenvalue weighted by atomic mass is 32.1. The molecule has 0 saturated heterocycles. The van der Waals surface area contributed by atoms with Crippen LogP contribution in [0.4, 0.5) is 0 Å². The van der Waals surface area contributed by atoms with Gasteiger partial charge in [-0.05, 0) is 60.4 Å². The number of benzene rings is 7. The summed E-state index contributed by atoms with van der Waals surface area (Å²) in [4.78, 5) is 16.2. The van der Waals surface area contributed by atoms with Crippen molar-refractivity contribution in [3.63, 3.8) is 0 Å². The van der Waals surface area contributed by atoms with Gasteiger partial charge in [0, 0.05) is 76.4 Å². The van der Waals surface area contributed by atoms with Gasteiger partial charge in [0.1, 0.15) is 0 Å². The van der Waals surface area contributed by atoms with Crippen LogP contribution in [0.15, 0.2) is 182 Å². The summed E-state index contributed by atoms with van der Waals surface area (Å²) in [5.41, 5.74) is 13.9. The molecule has 0 spiro atoms. The molecule has 0 N–H and O–H groups in total. The van der Waals surface area contributed by atoms with E-state index in [1.165, 1.54) is 75.4 Å². The van der Waals surface area contributed by atoms with E-state index in [1.807, 2.05) is 6.07 Å². The quantitative estimate of drug-likeness (QED) is 0.168. The number of rotatable bonds is 6. The van der Waals surface area contributed by atoms with Gasteiger partial charge in [-0.2, -0.15) is 0 Å². The van der Waals surface area contributed by atoms with Crippen LogP contribution in [0.2, 0.25) is 0 Å². The second-order valence-electron chi connectivity index (χ2n) is 16.2. The molecule has 0 atom stereocenters. The highest BCUT2D eigenvalue weighted by molar-refractivity contribution is 7.26. The maximum absolute atomic E-state index is 5.50. The van der Waals surface area contributed by atoms with Gasteiger partial charge in [0.05, 0.1) is 22.2 Å². The summed E-state index contributed by atoms with van der Waals surface area (Å²) in [7, 11) is 0. The zero-order valence-electron chi connectivity index (χ0n) is 33.7. The van der Waals surface area contributed by atoms with Crippen molar-refractivity contribution in [2.45, 2.75) is 19.3 Å². The second-order valence-corrected chi connectivity index (χ2v) is 17.2. The average Bonchev–Trinajstić information content (AvgIpc) is 4.15. The molecule has 0 unspecified atom stereocenters. The van der Waals surface area contributed by atoms with Crippen LogP contribution in [0, 0.1) is 0 Å². The molecule has 0 saturated carbocycles. The smallest absolute Gasteiger partial charge is 0.166 e. The van der Waals surface area contributed by atoms with E-state index in [0.717, 1.165) is 47.2 Å². The zero-order chi connectivity index (χ0) is 40.7. The maximum Gasteiger partial charge on any atom is 0.166 e. The van der Waals surface area contributed by atoms with Crippen molar-refractivity contribution in [1.82, 2.24) is 24.1 Å². The van der Waals surface area contributed by atoms with Gasteiger partial charge >= 0.3 is 0 Å². The van der Waals surface area contributed by atoms with Crippen molar-refractivity contribution < 1.29 is 0 Å². The lowest BCUT2D eigenvalue weighted by atomic mass is 9.99. The second kappa shape index (κ2) is 13.9. The van der Waals surface area contributed by atoms with Crippen LogP contribution in [0.3, 0.4) is 0 Å². The Morgan fingerprint density at radius 2 is 1.18 bits per heavy atom. The third-order valence-corrected chi connectivity index (χ3v) is 13.9.